The predicted octanol–water partition coefficient (Wildman–Crippen LogP) is 2.19. The van der Waals surface area contributed by atoms with E-state index >= 15 is 0 Å². The van der Waals surface area contributed by atoms with Gasteiger partial charge in [-0.25, -0.2) is 0 Å². The SMILES string of the molecule is CCO[Si](OCC)c1ccccc1CCl. The van der Waals surface area contributed by atoms with Gasteiger partial charge in [-0.3, -0.25) is 0 Å². The molecule has 0 saturated heterocycles. The van der Waals surface area contributed by atoms with Crippen molar-refractivity contribution < 1.29 is 8.85 Å². The Kier molecular flexibility index (Phi) is 5.94. The third kappa shape index (κ3) is 3.61. The molecule has 0 aliphatic rings. The molecule has 0 aliphatic carbocycles. The predicted molar refractivity (Wildman–Crippen MR) is 64.6 cm³/mol. The zero-order chi connectivity index (χ0) is 11.1. The van der Waals surface area contributed by atoms with Crippen LogP contribution in [-0.2, 0) is 14.7 Å². The molecule has 1 rings (SSSR count). The molecule has 0 aliphatic heterocycles. The average Bonchev–Trinajstić information content (AvgIpc) is 2.29. The molecule has 1 radical (unpaired) electrons. The van der Waals surface area contributed by atoms with Gasteiger partial charge in [0, 0.05) is 24.3 Å². The lowest BCUT2D eigenvalue weighted by molar-refractivity contribution is 0.225. The summed E-state index contributed by atoms with van der Waals surface area (Å²) in [7, 11) is -1.35. The lowest BCUT2D eigenvalue weighted by Gasteiger charge is -2.15. The van der Waals surface area contributed by atoms with E-state index in [2.05, 4.69) is 0 Å². The molecule has 0 fully saturated rings. The van der Waals surface area contributed by atoms with Crippen LogP contribution in [-0.4, -0.2) is 22.5 Å². The number of alkyl halides is 1. The monoisotopic (exact) mass is 243 g/mol. The Balaban J connectivity index is 2.88. The fourth-order valence-electron chi connectivity index (χ4n) is 1.30. The van der Waals surface area contributed by atoms with Crippen molar-refractivity contribution >= 4 is 26.1 Å². The number of rotatable bonds is 6. The van der Waals surface area contributed by atoms with Crippen LogP contribution in [0.25, 0.3) is 0 Å². The Morgan fingerprint density at radius 2 is 1.73 bits per heavy atom. The van der Waals surface area contributed by atoms with Gasteiger partial charge >= 0.3 is 9.28 Å². The maximum Gasteiger partial charge on any atom is 0.423 e. The minimum absolute atomic E-state index is 0.504. The van der Waals surface area contributed by atoms with Gasteiger partial charge in [0.1, 0.15) is 0 Å². The van der Waals surface area contributed by atoms with Gasteiger partial charge in [-0.2, -0.15) is 0 Å². The summed E-state index contributed by atoms with van der Waals surface area (Å²) in [6, 6.07) is 8.04. The highest BCUT2D eigenvalue weighted by atomic mass is 35.5. The van der Waals surface area contributed by atoms with Gasteiger partial charge in [0.15, 0.2) is 0 Å². The third-order valence-corrected chi connectivity index (χ3v) is 4.25. The largest absolute Gasteiger partial charge is 0.423 e. The van der Waals surface area contributed by atoms with Crippen LogP contribution in [0.5, 0.6) is 0 Å². The fourth-order valence-corrected chi connectivity index (χ4v) is 3.23. The third-order valence-electron chi connectivity index (χ3n) is 1.93. The summed E-state index contributed by atoms with van der Waals surface area (Å²) in [5, 5.41) is 1.13. The van der Waals surface area contributed by atoms with Gasteiger partial charge < -0.3 is 8.85 Å². The van der Waals surface area contributed by atoms with Crippen LogP contribution in [0.4, 0.5) is 0 Å². The van der Waals surface area contributed by atoms with E-state index in [9.17, 15) is 0 Å². The van der Waals surface area contributed by atoms with Crippen LogP contribution in [0.1, 0.15) is 19.4 Å². The number of hydrogen-bond donors (Lipinski definition) is 0. The number of hydrogen-bond acceptors (Lipinski definition) is 2. The Labute approximate surface area is 98.0 Å². The lowest BCUT2D eigenvalue weighted by Crippen LogP contribution is -2.39. The maximum atomic E-state index is 5.88. The van der Waals surface area contributed by atoms with Crippen LogP contribution in [0.3, 0.4) is 0 Å². The van der Waals surface area contributed by atoms with Crippen LogP contribution in [0, 0.1) is 0 Å². The first kappa shape index (κ1) is 12.7. The molecule has 15 heavy (non-hydrogen) atoms. The first-order valence-corrected chi connectivity index (χ1v) is 6.95. The Hall–Kier alpha value is -0.353. The second kappa shape index (κ2) is 7.01. The topological polar surface area (TPSA) is 18.5 Å². The van der Waals surface area contributed by atoms with Crippen LogP contribution in [0.15, 0.2) is 24.3 Å². The second-order valence-corrected chi connectivity index (χ2v) is 4.90. The van der Waals surface area contributed by atoms with Crippen molar-refractivity contribution in [3.05, 3.63) is 29.8 Å². The molecule has 0 heterocycles. The van der Waals surface area contributed by atoms with E-state index in [4.69, 9.17) is 20.5 Å². The summed E-state index contributed by atoms with van der Waals surface area (Å²) in [4.78, 5) is 0. The zero-order valence-corrected chi connectivity index (χ0v) is 10.9. The highest BCUT2D eigenvalue weighted by Gasteiger charge is 2.20. The minimum Gasteiger partial charge on any atom is -0.390 e. The Bertz CT molecular complexity index is 288. The van der Waals surface area contributed by atoms with Gasteiger partial charge in [0.25, 0.3) is 0 Å². The molecule has 2 nitrogen and oxygen atoms in total. The van der Waals surface area contributed by atoms with Crippen molar-refractivity contribution in [1.82, 2.24) is 0 Å². The van der Waals surface area contributed by atoms with E-state index < -0.39 is 9.28 Å². The van der Waals surface area contributed by atoms with E-state index in [0.717, 1.165) is 10.8 Å². The normalized spacial score (nSPS) is 10.9. The molecule has 1 aromatic rings. The van der Waals surface area contributed by atoms with Gasteiger partial charge in [0.2, 0.25) is 0 Å². The van der Waals surface area contributed by atoms with Gasteiger partial charge in [-0.15, -0.1) is 11.6 Å². The van der Waals surface area contributed by atoms with Gasteiger partial charge in [0.05, 0.1) is 0 Å². The molecule has 83 valence electrons. The second-order valence-electron chi connectivity index (χ2n) is 2.94. The summed E-state index contributed by atoms with van der Waals surface area (Å²) in [5.74, 6) is 0.504. The van der Waals surface area contributed by atoms with Crippen molar-refractivity contribution in [1.29, 1.82) is 0 Å². The van der Waals surface area contributed by atoms with E-state index in [1.807, 2.05) is 38.1 Å². The zero-order valence-electron chi connectivity index (χ0n) is 9.13. The number of benzene rings is 1. The highest BCUT2D eigenvalue weighted by Crippen LogP contribution is 2.04. The highest BCUT2D eigenvalue weighted by molar-refractivity contribution is 6.62. The quantitative estimate of drug-likeness (QED) is 0.563. The molecular weight excluding hydrogens is 228 g/mol. The van der Waals surface area contributed by atoms with Crippen LogP contribution < -0.4 is 5.19 Å². The molecule has 0 spiro atoms. The molecule has 0 amide bonds. The summed E-state index contributed by atoms with van der Waals surface area (Å²) in [6.45, 7) is 5.30. The molecule has 0 saturated carbocycles. The maximum absolute atomic E-state index is 5.88. The average molecular weight is 244 g/mol. The van der Waals surface area contributed by atoms with Crippen LogP contribution in [0.2, 0.25) is 0 Å². The summed E-state index contributed by atoms with van der Waals surface area (Å²) >= 11 is 5.88. The van der Waals surface area contributed by atoms with Crippen molar-refractivity contribution in [3.8, 4) is 0 Å². The van der Waals surface area contributed by atoms with Gasteiger partial charge in [-0.1, -0.05) is 24.3 Å². The van der Waals surface area contributed by atoms with E-state index in [0.29, 0.717) is 19.1 Å². The standard InChI is InChI=1S/C11H16ClO2Si/c1-3-13-15(14-4-2)11-8-6-5-7-10(11)9-12/h5-8H,3-4,9H2,1-2H3. The van der Waals surface area contributed by atoms with Crippen molar-refractivity contribution in [2.45, 2.75) is 19.7 Å². The van der Waals surface area contributed by atoms with Crippen molar-refractivity contribution in [3.63, 3.8) is 0 Å². The smallest absolute Gasteiger partial charge is 0.390 e. The molecule has 0 N–H and O–H groups in total. The first-order valence-electron chi connectivity index (χ1n) is 5.10. The Morgan fingerprint density at radius 1 is 1.13 bits per heavy atom. The van der Waals surface area contributed by atoms with E-state index in [1.54, 1.807) is 0 Å². The van der Waals surface area contributed by atoms with E-state index in [1.165, 1.54) is 0 Å². The van der Waals surface area contributed by atoms with Crippen molar-refractivity contribution in [2.24, 2.45) is 0 Å². The lowest BCUT2D eigenvalue weighted by atomic mass is 10.2. The molecule has 1 aromatic carbocycles. The summed E-state index contributed by atoms with van der Waals surface area (Å²) in [5.41, 5.74) is 1.11. The number of halogens is 1. The Morgan fingerprint density at radius 3 is 2.27 bits per heavy atom. The molecule has 0 atom stereocenters. The molecule has 0 unspecified atom stereocenters. The molecule has 0 bridgehead atoms. The first-order chi connectivity index (χ1) is 7.33. The summed E-state index contributed by atoms with van der Waals surface area (Å²) in [6.07, 6.45) is 0. The van der Waals surface area contributed by atoms with Gasteiger partial charge in [-0.05, 0) is 19.4 Å². The molecular formula is C11H16ClO2Si. The summed E-state index contributed by atoms with van der Waals surface area (Å²) < 4.78 is 11.3. The fraction of sp³-hybridized carbons (Fsp3) is 0.455. The molecule has 0 aromatic heterocycles. The van der Waals surface area contributed by atoms with Crippen molar-refractivity contribution in [2.75, 3.05) is 13.2 Å². The minimum atomic E-state index is -1.35. The van der Waals surface area contributed by atoms with E-state index in [-0.39, 0.29) is 0 Å². The molecule has 4 heteroatoms. The van der Waals surface area contributed by atoms with Crippen LogP contribution >= 0.6 is 11.6 Å².